The van der Waals surface area contributed by atoms with Crippen molar-refractivity contribution in [2.75, 3.05) is 20.8 Å². The molecule has 0 aliphatic heterocycles. The van der Waals surface area contributed by atoms with E-state index in [-0.39, 0.29) is 24.4 Å². The summed E-state index contributed by atoms with van der Waals surface area (Å²) in [6.45, 7) is 1.81. The summed E-state index contributed by atoms with van der Waals surface area (Å²) in [6, 6.07) is 14.2. The molecule has 32 heavy (non-hydrogen) atoms. The van der Waals surface area contributed by atoms with Gasteiger partial charge in [0.05, 0.1) is 26.5 Å². The first-order valence-corrected chi connectivity index (χ1v) is 9.92. The Bertz CT molecular complexity index is 1150. The Labute approximate surface area is 184 Å². The van der Waals surface area contributed by atoms with E-state index in [2.05, 4.69) is 10.4 Å². The van der Waals surface area contributed by atoms with Crippen molar-refractivity contribution >= 4 is 5.91 Å². The second kappa shape index (κ2) is 10.4. The molecule has 0 saturated carbocycles. The second-order valence-corrected chi connectivity index (χ2v) is 6.83. The maximum atomic E-state index is 13.7. The Balaban J connectivity index is 1.64. The van der Waals surface area contributed by atoms with Crippen molar-refractivity contribution in [3.63, 3.8) is 0 Å². The van der Waals surface area contributed by atoms with Crippen LogP contribution >= 0.6 is 0 Å². The number of amides is 1. The molecular weight excluding hydrogens is 417 g/mol. The quantitative estimate of drug-likeness (QED) is 0.549. The zero-order valence-corrected chi connectivity index (χ0v) is 18.0. The van der Waals surface area contributed by atoms with Gasteiger partial charge in [0.25, 0.3) is 11.5 Å². The lowest BCUT2D eigenvalue weighted by atomic mass is 10.1. The lowest BCUT2D eigenvalue weighted by Gasteiger charge is -2.15. The molecule has 1 heterocycles. The third-order valence-corrected chi connectivity index (χ3v) is 4.68. The van der Waals surface area contributed by atoms with E-state index < -0.39 is 17.8 Å². The van der Waals surface area contributed by atoms with Crippen LogP contribution in [0.25, 0.3) is 11.3 Å². The van der Waals surface area contributed by atoms with Gasteiger partial charge in [0, 0.05) is 18.2 Å². The predicted octanol–water partition coefficient (Wildman–Crippen LogP) is 2.65. The van der Waals surface area contributed by atoms with Crippen molar-refractivity contribution in [1.29, 1.82) is 0 Å². The van der Waals surface area contributed by atoms with Crippen molar-refractivity contribution in [3.8, 4) is 28.5 Å². The minimum atomic E-state index is -0.908. The molecule has 0 saturated heterocycles. The molecule has 3 rings (SSSR count). The molecular formula is C23H24FN3O5. The first kappa shape index (κ1) is 22.8. The van der Waals surface area contributed by atoms with Crippen molar-refractivity contribution in [2.45, 2.75) is 19.6 Å². The van der Waals surface area contributed by atoms with Gasteiger partial charge in [0.2, 0.25) is 0 Å². The van der Waals surface area contributed by atoms with Gasteiger partial charge in [-0.25, -0.2) is 9.07 Å². The van der Waals surface area contributed by atoms with Gasteiger partial charge in [0.1, 0.15) is 0 Å². The molecule has 3 aromatic rings. The van der Waals surface area contributed by atoms with Crippen LogP contribution in [-0.4, -0.2) is 42.6 Å². The Morgan fingerprint density at radius 1 is 1.06 bits per heavy atom. The normalized spacial score (nSPS) is 11.5. The Kier molecular flexibility index (Phi) is 7.43. The van der Waals surface area contributed by atoms with E-state index in [9.17, 15) is 14.0 Å². The van der Waals surface area contributed by atoms with Crippen molar-refractivity contribution < 1.29 is 23.4 Å². The number of nitrogens with one attached hydrogen (secondary N) is 1. The minimum absolute atomic E-state index is 0.00402. The molecule has 0 radical (unpaired) electrons. The number of carbonyl (C=O) groups excluding carboxylic acids is 1. The largest absolute Gasteiger partial charge is 0.493 e. The Morgan fingerprint density at radius 3 is 2.53 bits per heavy atom. The van der Waals surface area contributed by atoms with E-state index in [0.29, 0.717) is 17.2 Å². The smallest absolute Gasteiger partial charge is 0.266 e. The monoisotopic (exact) mass is 441 g/mol. The van der Waals surface area contributed by atoms with Gasteiger partial charge in [-0.2, -0.15) is 5.10 Å². The predicted molar refractivity (Wildman–Crippen MR) is 117 cm³/mol. The molecule has 8 nitrogen and oxygen atoms in total. The van der Waals surface area contributed by atoms with Crippen LogP contribution in [0.2, 0.25) is 0 Å². The number of halogens is 1. The fraction of sp³-hybridized carbons (Fsp3) is 0.261. The highest BCUT2D eigenvalue weighted by Gasteiger charge is 2.16. The molecule has 1 N–H and O–H groups in total. The standard InChI is InChI=1S/C23H24FN3O5/c1-15(32-19-7-5-4-6-17(19)24)23(29)25-12-13-27-22(28)11-9-18(26-27)16-8-10-20(30-2)21(14-16)31-3/h4-11,14-15H,12-13H2,1-3H3,(H,25,29)/t15-/m0/s1. The van der Waals surface area contributed by atoms with E-state index in [0.717, 1.165) is 5.56 Å². The summed E-state index contributed by atoms with van der Waals surface area (Å²) in [5.74, 6) is 0.141. The van der Waals surface area contributed by atoms with Crippen molar-refractivity contribution in [1.82, 2.24) is 15.1 Å². The number of hydrogen-bond donors (Lipinski definition) is 1. The number of aromatic nitrogens is 2. The summed E-state index contributed by atoms with van der Waals surface area (Å²) >= 11 is 0. The van der Waals surface area contributed by atoms with E-state index >= 15 is 0 Å². The minimum Gasteiger partial charge on any atom is -0.493 e. The third-order valence-electron chi connectivity index (χ3n) is 4.68. The van der Waals surface area contributed by atoms with E-state index in [1.807, 2.05) is 6.07 Å². The summed E-state index contributed by atoms with van der Waals surface area (Å²) in [5.41, 5.74) is 1.000. The van der Waals surface area contributed by atoms with Crippen LogP contribution in [0.4, 0.5) is 4.39 Å². The number of hydrogen-bond acceptors (Lipinski definition) is 6. The van der Waals surface area contributed by atoms with Crippen LogP contribution in [0.1, 0.15) is 6.92 Å². The average molecular weight is 441 g/mol. The van der Waals surface area contributed by atoms with Crippen LogP contribution < -0.4 is 25.1 Å². The summed E-state index contributed by atoms with van der Waals surface area (Å²) in [4.78, 5) is 24.5. The topological polar surface area (TPSA) is 91.7 Å². The van der Waals surface area contributed by atoms with Gasteiger partial charge in [0.15, 0.2) is 29.2 Å². The SMILES string of the molecule is COc1ccc(-c2ccc(=O)n(CCNC(=O)[C@H](C)Oc3ccccc3F)n2)cc1OC. The molecule has 0 spiro atoms. The zero-order chi connectivity index (χ0) is 23.1. The molecule has 168 valence electrons. The van der Waals surface area contributed by atoms with Crippen LogP contribution in [0.5, 0.6) is 17.2 Å². The molecule has 0 aliphatic carbocycles. The second-order valence-electron chi connectivity index (χ2n) is 6.83. The highest BCUT2D eigenvalue weighted by Crippen LogP contribution is 2.31. The maximum absolute atomic E-state index is 13.7. The van der Waals surface area contributed by atoms with E-state index in [1.54, 1.807) is 31.4 Å². The maximum Gasteiger partial charge on any atom is 0.266 e. The lowest BCUT2D eigenvalue weighted by molar-refractivity contribution is -0.127. The highest BCUT2D eigenvalue weighted by atomic mass is 19.1. The van der Waals surface area contributed by atoms with Crippen LogP contribution in [0, 0.1) is 5.82 Å². The molecule has 2 aromatic carbocycles. The molecule has 0 aliphatic rings. The molecule has 1 atom stereocenters. The number of carbonyl (C=O) groups is 1. The Hall–Kier alpha value is -3.88. The first-order chi connectivity index (χ1) is 15.4. The summed E-state index contributed by atoms with van der Waals surface area (Å²) in [7, 11) is 3.09. The molecule has 0 bridgehead atoms. The fourth-order valence-corrected chi connectivity index (χ4v) is 2.97. The molecule has 0 fully saturated rings. The molecule has 9 heteroatoms. The van der Waals surface area contributed by atoms with Gasteiger partial charge in [-0.05, 0) is 43.3 Å². The van der Waals surface area contributed by atoms with Gasteiger partial charge >= 0.3 is 0 Å². The van der Waals surface area contributed by atoms with Crippen molar-refractivity contribution in [3.05, 3.63) is 70.8 Å². The van der Waals surface area contributed by atoms with Gasteiger partial charge in [-0.3, -0.25) is 9.59 Å². The van der Waals surface area contributed by atoms with E-state index in [4.69, 9.17) is 14.2 Å². The summed E-state index contributed by atoms with van der Waals surface area (Å²) < 4.78 is 30.8. The first-order valence-electron chi connectivity index (χ1n) is 9.92. The fourth-order valence-electron chi connectivity index (χ4n) is 2.97. The number of benzene rings is 2. The molecule has 0 unspecified atom stereocenters. The van der Waals surface area contributed by atoms with E-state index in [1.165, 1.54) is 43.0 Å². The number of rotatable bonds is 9. The molecule has 1 aromatic heterocycles. The lowest BCUT2D eigenvalue weighted by Crippen LogP contribution is -2.39. The molecule has 1 amide bonds. The summed E-state index contributed by atoms with van der Waals surface area (Å²) in [6.07, 6.45) is -0.908. The van der Waals surface area contributed by atoms with Crippen molar-refractivity contribution in [2.24, 2.45) is 0 Å². The Morgan fingerprint density at radius 2 is 1.81 bits per heavy atom. The number of nitrogens with zero attached hydrogens (tertiary/aromatic N) is 2. The third kappa shape index (κ3) is 5.42. The van der Waals surface area contributed by atoms with Gasteiger partial charge < -0.3 is 19.5 Å². The van der Waals surface area contributed by atoms with Crippen LogP contribution in [-0.2, 0) is 11.3 Å². The van der Waals surface area contributed by atoms with Crippen LogP contribution in [0.15, 0.2) is 59.4 Å². The van der Waals surface area contributed by atoms with Gasteiger partial charge in [-0.15, -0.1) is 0 Å². The average Bonchev–Trinajstić information content (AvgIpc) is 2.81. The number of para-hydroxylation sites is 1. The zero-order valence-electron chi connectivity index (χ0n) is 18.0. The number of methoxy groups -OCH3 is 2. The van der Waals surface area contributed by atoms with Gasteiger partial charge in [-0.1, -0.05) is 12.1 Å². The van der Waals surface area contributed by atoms with Crippen LogP contribution in [0.3, 0.4) is 0 Å². The number of ether oxygens (including phenoxy) is 3. The summed E-state index contributed by atoms with van der Waals surface area (Å²) in [5, 5.41) is 7.04. The highest BCUT2D eigenvalue weighted by molar-refractivity contribution is 5.80.